The Morgan fingerprint density at radius 1 is 1.45 bits per heavy atom. The number of anilines is 1. The highest BCUT2D eigenvalue weighted by Gasteiger charge is 2.36. The van der Waals surface area contributed by atoms with Crippen LogP contribution in [0.4, 0.5) is 5.69 Å². The largest absolute Gasteiger partial charge is 0.383 e. The summed E-state index contributed by atoms with van der Waals surface area (Å²) in [6.45, 7) is 6.86. The molecule has 0 aromatic heterocycles. The van der Waals surface area contributed by atoms with Crippen LogP contribution in [0, 0.1) is 19.8 Å². The predicted molar refractivity (Wildman–Crippen MR) is 85.7 cm³/mol. The van der Waals surface area contributed by atoms with Crippen molar-refractivity contribution in [3.63, 3.8) is 0 Å². The maximum absolute atomic E-state index is 12.4. The number of nitrogens with zero attached hydrogens (tertiary/aromatic N) is 1. The topological polar surface area (TPSA) is 58.6 Å². The van der Waals surface area contributed by atoms with Crippen LogP contribution in [0.3, 0.4) is 0 Å². The zero-order valence-corrected chi connectivity index (χ0v) is 13.7. The zero-order chi connectivity index (χ0) is 16.3. The van der Waals surface area contributed by atoms with Gasteiger partial charge in [-0.15, -0.1) is 0 Å². The average molecular weight is 304 g/mol. The van der Waals surface area contributed by atoms with Crippen molar-refractivity contribution < 1.29 is 14.3 Å². The van der Waals surface area contributed by atoms with Gasteiger partial charge in [0.05, 0.1) is 18.6 Å². The van der Waals surface area contributed by atoms with E-state index in [2.05, 4.69) is 5.32 Å². The molecular formula is C17H24N2O3. The number of carbonyl (C=O) groups excluding carboxylic acids is 2. The van der Waals surface area contributed by atoms with Crippen LogP contribution in [-0.2, 0) is 14.3 Å². The molecule has 1 aliphatic heterocycles. The van der Waals surface area contributed by atoms with Crippen LogP contribution in [0.1, 0.15) is 24.5 Å². The summed E-state index contributed by atoms with van der Waals surface area (Å²) in [5.41, 5.74) is 3.00. The van der Waals surface area contributed by atoms with Gasteiger partial charge < -0.3 is 15.0 Å². The Morgan fingerprint density at radius 3 is 2.82 bits per heavy atom. The lowest BCUT2D eigenvalue weighted by Gasteiger charge is -2.24. The van der Waals surface area contributed by atoms with Crippen molar-refractivity contribution in [1.82, 2.24) is 4.90 Å². The smallest absolute Gasteiger partial charge is 0.229 e. The van der Waals surface area contributed by atoms with Gasteiger partial charge in [0.25, 0.3) is 0 Å². The second-order valence-corrected chi connectivity index (χ2v) is 6.06. The summed E-state index contributed by atoms with van der Waals surface area (Å²) in [6, 6.07) is 5.90. The molecule has 0 radical (unpaired) electrons. The first-order valence-electron chi connectivity index (χ1n) is 7.59. The number of likely N-dealkylation sites (tertiary alicyclic amines) is 1. The number of methoxy groups -OCH3 is 1. The molecule has 1 fully saturated rings. The van der Waals surface area contributed by atoms with Gasteiger partial charge in [0.2, 0.25) is 11.8 Å². The van der Waals surface area contributed by atoms with Crippen LogP contribution >= 0.6 is 0 Å². The van der Waals surface area contributed by atoms with Crippen molar-refractivity contribution >= 4 is 17.5 Å². The number of carbonyl (C=O) groups is 2. The molecule has 2 amide bonds. The van der Waals surface area contributed by atoms with E-state index in [4.69, 9.17) is 4.74 Å². The lowest BCUT2D eigenvalue weighted by molar-refractivity contribution is -0.130. The molecule has 0 aliphatic carbocycles. The number of rotatable bonds is 5. The Morgan fingerprint density at radius 2 is 2.18 bits per heavy atom. The van der Waals surface area contributed by atoms with E-state index < -0.39 is 0 Å². The quantitative estimate of drug-likeness (QED) is 0.906. The molecule has 5 nitrogen and oxygen atoms in total. The monoisotopic (exact) mass is 304 g/mol. The van der Waals surface area contributed by atoms with Gasteiger partial charge in [-0.25, -0.2) is 0 Å². The third-order valence-corrected chi connectivity index (χ3v) is 4.11. The fraction of sp³-hybridized carbons (Fsp3) is 0.529. The summed E-state index contributed by atoms with van der Waals surface area (Å²) in [4.78, 5) is 26.2. The van der Waals surface area contributed by atoms with Crippen molar-refractivity contribution in [1.29, 1.82) is 0 Å². The number of amides is 2. The van der Waals surface area contributed by atoms with Gasteiger partial charge in [-0.3, -0.25) is 9.59 Å². The Kier molecular flexibility index (Phi) is 5.19. The lowest BCUT2D eigenvalue weighted by Crippen LogP contribution is -2.38. The standard InChI is InChI=1S/C17H24N2O3/c1-11-5-6-15(12(2)7-11)18-17(21)14-8-16(20)19(9-14)13(3)10-22-4/h5-7,13-14H,8-10H2,1-4H3,(H,18,21)/t13-,14+/m1/s1. The molecule has 0 bridgehead atoms. The van der Waals surface area contributed by atoms with Crippen molar-refractivity contribution in [2.24, 2.45) is 5.92 Å². The SMILES string of the molecule is COC[C@@H](C)N1C[C@@H](C(=O)Nc2ccc(C)cc2C)CC1=O. The molecule has 22 heavy (non-hydrogen) atoms. The van der Waals surface area contributed by atoms with Gasteiger partial charge in [0.15, 0.2) is 0 Å². The molecule has 1 aliphatic rings. The number of nitrogens with one attached hydrogen (secondary N) is 1. The lowest BCUT2D eigenvalue weighted by atomic mass is 10.1. The summed E-state index contributed by atoms with van der Waals surface area (Å²) in [5, 5.41) is 2.94. The minimum atomic E-state index is -0.299. The maximum atomic E-state index is 12.4. The minimum Gasteiger partial charge on any atom is -0.383 e. The Bertz CT molecular complexity index is 571. The number of hydrogen-bond donors (Lipinski definition) is 1. The van der Waals surface area contributed by atoms with Crippen LogP contribution < -0.4 is 5.32 Å². The molecule has 0 spiro atoms. The summed E-state index contributed by atoms with van der Waals surface area (Å²) in [5.74, 6) is -0.370. The first kappa shape index (κ1) is 16.5. The van der Waals surface area contributed by atoms with E-state index in [1.807, 2.05) is 39.0 Å². The van der Waals surface area contributed by atoms with Crippen molar-refractivity contribution in [2.45, 2.75) is 33.2 Å². The highest BCUT2D eigenvalue weighted by atomic mass is 16.5. The highest BCUT2D eigenvalue weighted by Crippen LogP contribution is 2.23. The van der Waals surface area contributed by atoms with Gasteiger partial charge >= 0.3 is 0 Å². The van der Waals surface area contributed by atoms with E-state index in [9.17, 15) is 9.59 Å². The van der Waals surface area contributed by atoms with Crippen LogP contribution in [0.2, 0.25) is 0 Å². The van der Waals surface area contributed by atoms with Gasteiger partial charge in [-0.05, 0) is 32.4 Å². The molecule has 1 N–H and O–H groups in total. The molecular weight excluding hydrogens is 280 g/mol. The molecule has 5 heteroatoms. The van der Waals surface area contributed by atoms with Gasteiger partial charge in [0, 0.05) is 25.8 Å². The molecule has 1 heterocycles. The zero-order valence-electron chi connectivity index (χ0n) is 13.7. The third-order valence-electron chi connectivity index (χ3n) is 4.11. The Balaban J connectivity index is 2.00. The maximum Gasteiger partial charge on any atom is 0.229 e. The summed E-state index contributed by atoms with van der Waals surface area (Å²) < 4.78 is 5.09. The molecule has 2 rings (SSSR count). The first-order chi connectivity index (χ1) is 10.4. The van der Waals surface area contributed by atoms with Crippen molar-refractivity contribution in [2.75, 3.05) is 25.6 Å². The van der Waals surface area contributed by atoms with Gasteiger partial charge in [-0.2, -0.15) is 0 Å². The van der Waals surface area contributed by atoms with Crippen LogP contribution in [-0.4, -0.2) is 43.0 Å². The number of benzene rings is 1. The second kappa shape index (κ2) is 6.92. The van der Waals surface area contributed by atoms with E-state index in [0.29, 0.717) is 13.2 Å². The van der Waals surface area contributed by atoms with E-state index in [1.165, 1.54) is 0 Å². The Labute approximate surface area is 131 Å². The van der Waals surface area contributed by atoms with Crippen LogP contribution in [0.5, 0.6) is 0 Å². The Hall–Kier alpha value is -1.88. The average Bonchev–Trinajstić information content (AvgIpc) is 2.84. The fourth-order valence-corrected chi connectivity index (χ4v) is 2.85. The minimum absolute atomic E-state index is 0.00332. The third kappa shape index (κ3) is 3.65. The van der Waals surface area contributed by atoms with Gasteiger partial charge in [-0.1, -0.05) is 17.7 Å². The van der Waals surface area contributed by atoms with E-state index in [-0.39, 0.29) is 30.2 Å². The highest BCUT2D eigenvalue weighted by molar-refractivity contribution is 5.97. The molecule has 0 unspecified atom stereocenters. The molecule has 1 aromatic carbocycles. The fourth-order valence-electron chi connectivity index (χ4n) is 2.85. The van der Waals surface area contributed by atoms with E-state index in [0.717, 1.165) is 16.8 Å². The normalized spacial score (nSPS) is 19.4. The molecule has 2 atom stereocenters. The summed E-state index contributed by atoms with van der Waals surface area (Å²) in [6.07, 6.45) is 0.269. The number of aryl methyl sites for hydroxylation is 2. The summed E-state index contributed by atoms with van der Waals surface area (Å²) in [7, 11) is 1.61. The van der Waals surface area contributed by atoms with Crippen molar-refractivity contribution in [3.05, 3.63) is 29.3 Å². The molecule has 120 valence electrons. The number of ether oxygens (including phenoxy) is 1. The van der Waals surface area contributed by atoms with Crippen LogP contribution in [0.25, 0.3) is 0 Å². The summed E-state index contributed by atoms with van der Waals surface area (Å²) >= 11 is 0. The van der Waals surface area contributed by atoms with Crippen LogP contribution in [0.15, 0.2) is 18.2 Å². The van der Waals surface area contributed by atoms with Gasteiger partial charge in [0.1, 0.15) is 0 Å². The predicted octanol–water partition coefficient (Wildman–Crippen LogP) is 2.13. The molecule has 1 aromatic rings. The van der Waals surface area contributed by atoms with E-state index >= 15 is 0 Å². The number of hydrogen-bond acceptors (Lipinski definition) is 3. The molecule has 1 saturated heterocycles. The van der Waals surface area contributed by atoms with Crippen molar-refractivity contribution in [3.8, 4) is 0 Å². The van der Waals surface area contributed by atoms with E-state index in [1.54, 1.807) is 12.0 Å². The second-order valence-electron chi connectivity index (χ2n) is 6.06. The first-order valence-corrected chi connectivity index (χ1v) is 7.59. The molecule has 0 saturated carbocycles.